The largest absolute Gasteiger partial charge is 0.450 e. The number of ether oxygens (including phenoxy) is 1. The number of carbonyl (C=O) groups is 4. The van der Waals surface area contributed by atoms with Crippen LogP contribution in [0, 0.1) is 0 Å². The van der Waals surface area contributed by atoms with Crippen LogP contribution in [-0.4, -0.2) is 42.0 Å². The van der Waals surface area contributed by atoms with E-state index in [2.05, 4.69) is 10.1 Å². The van der Waals surface area contributed by atoms with Gasteiger partial charge < -0.3 is 10.1 Å². The highest BCUT2D eigenvalue weighted by Crippen LogP contribution is 2.32. The molecule has 150 valence electrons. The van der Waals surface area contributed by atoms with Gasteiger partial charge in [0.1, 0.15) is 6.54 Å². The molecule has 2 N–H and O–H groups in total. The zero-order valence-corrected chi connectivity index (χ0v) is 15.9. The van der Waals surface area contributed by atoms with E-state index in [1.165, 1.54) is 0 Å². The van der Waals surface area contributed by atoms with Gasteiger partial charge in [-0.05, 0) is 18.1 Å². The zero-order chi connectivity index (χ0) is 20.9. The highest BCUT2D eigenvalue weighted by Gasteiger charge is 2.52. The molecule has 0 aliphatic carbocycles. The van der Waals surface area contributed by atoms with Crippen molar-refractivity contribution in [2.24, 2.45) is 0 Å². The molecular weight excluding hydrogens is 374 g/mol. The van der Waals surface area contributed by atoms with E-state index in [-0.39, 0.29) is 13.0 Å². The van der Waals surface area contributed by atoms with Gasteiger partial charge >= 0.3 is 12.1 Å². The first kappa shape index (κ1) is 20.1. The minimum Gasteiger partial charge on any atom is -0.450 e. The second kappa shape index (κ2) is 8.55. The van der Waals surface area contributed by atoms with E-state index < -0.39 is 36.0 Å². The van der Waals surface area contributed by atoms with Crippen molar-refractivity contribution in [2.75, 3.05) is 13.2 Å². The van der Waals surface area contributed by atoms with Gasteiger partial charge in [0.05, 0.1) is 6.61 Å². The van der Waals surface area contributed by atoms with Crippen molar-refractivity contribution in [3.63, 3.8) is 0 Å². The summed E-state index contributed by atoms with van der Waals surface area (Å²) in [5, 5.41) is 4.75. The Hall–Kier alpha value is -3.68. The van der Waals surface area contributed by atoms with Crippen LogP contribution in [0.2, 0.25) is 0 Å². The van der Waals surface area contributed by atoms with Gasteiger partial charge in [-0.1, -0.05) is 60.7 Å². The third-order valence-corrected chi connectivity index (χ3v) is 4.57. The van der Waals surface area contributed by atoms with Gasteiger partial charge in [0.2, 0.25) is 5.91 Å². The lowest BCUT2D eigenvalue weighted by atomic mass is 9.83. The molecule has 0 radical (unpaired) electrons. The summed E-state index contributed by atoms with van der Waals surface area (Å²) in [6, 6.07) is 17.4. The molecule has 0 bridgehead atoms. The summed E-state index contributed by atoms with van der Waals surface area (Å²) in [6.45, 7) is 1.10. The molecule has 8 heteroatoms. The molecule has 0 unspecified atom stereocenters. The molecule has 0 spiro atoms. The van der Waals surface area contributed by atoms with E-state index >= 15 is 0 Å². The number of carbonyl (C=O) groups excluding carboxylic acids is 4. The summed E-state index contributed by atoms with van der Waals surface area (Å²) in [6.07, 6.45) is -0.707. The Morgan fingerprint density at radius 2 is 1.66 bits per heavy atom. The van der Waals surface area contributed by atoms with Gasteiger partial charge in [-0.25, -0.2) is 9.59 Å². The minimum atomic E-state index is -1.34. The van der Waals surface area contributed by atoms with Crippen LogP contribution >= 0.6 is 0 Å². The number of hydrogen-bond acceptors (Lipinski definition) is 5. The number of amides is 5. The summed E-state index contributed by atoms with van der Waals surface area (Å²) in [5.41, 5.74) is 0.113. The summed E-state index contributed by atoms with van der Waals surface area (Å²) < 4.78 is 4.65. The Labute approximate surface area is 167 Å². The molecular formula is C21H21N3O5. The standard InChI is InChI=1S/C21H21N3O5/c1-2-29-20(28)22-17(25)14-24-18(26)21(23-19(24)27,16-11-7-4-8-12-16)13-15-9-5-3-6-10-15/h3-12H,2,13-14H2,1H3,(H,23,27)(H,22,25,28)/t21-/m1/s1. The van der Waals surface area contributed by atoms with Crippen molar-refractivity contribution in [3.05, 3.63) is 71.8 Å². The topological polar surface area (TPSA) is 105 Å². The van der Waals surface area contributed by atoms with E-state index in [0.717, 1.165) is 10.5 Å². The van der Waals surface area contributed by atoms with Crippen molar-refractivity contribution in [1.82, 2.24) is 15.5 Å². The average molecular weight is 395 g/mol. The SMILES string of the molecule is CCOC(=O)NC(=O)CN1C(=O)N[C@](Cc2ccccc2)(c2ccccc2)C1=O. The predicted molar refractivity (Wildman–Crippen MR) is 104 cm³/mol. The van der Waals surface area contributed by atoms with Crippen LogP contribution in [-0.2, 0) is 26.3 Å². The minimum absolute atomic E-state index is 0.0937. The molecule has 1 atom stereocenters. The van der Waals surface area contributed by atoms with Crippen LogP contribution in [0.4, 0.5) is 9.59 Å². The highest BCUT2D eigenvalue weighted by molar-refractivity contribution is 6.10. The van der Waals surface area contributed by atoms with Gasteiger partial charge in [0.15, 0.2) is 5.54 Å². The third-order valence-electron chi connectivity index (χ3n) is 4.57. The molecule has 29 heavy (non-hydrogen) atoms. The summed E-state index contributed by atoms with van der Waals surface area (Å²) >= 11 is 0. The number of nitrogens with zero attached hydrogens (tertiary/aromatic N) is 1. The van der Waals surface area contributed by atoms with Crippen LogP contribution in [0.3, 0.4) is 0 Å². The Morgan fingerprint density at radius 1 is 1.03 bits per heavy atom. The number of imide groups is 2. The number of hydrogen-bond donors (Lipinski definition) is 2. The third kappa shape index (κ3) is 4.26. The van der Waals surface area contributed by atoms with Crippen molar-refractivity contribution >= 4 is 23.9 Å². The van der Waals surface area contributed by atoms with Crippen LogP contribution in [0.5, 0.6) is 0 Å². The number of rotatable bonds is 6. The quantitative estimate of drug-likeness (QED) is 0.728. The molecule has 3 rings (SSSR count). The molecule has 0 aromatic heterocycles. The van der Waals surface area contributed by atoms with Gasteiger partial charge in [0.25, 0.3) is 5.91 Å². The molecule has 8 nitrogen and oxygen atoms in total. The number of alkyl carbamates (subject to hydrolysis) is 1. The first-order valence-electron chi connectivity index (χ1n) is 9.16. The fourth-order valence-corrected chi connectivity index (χ4v) is 3.28. The van der Waals surface area contributed by atoms with Gasteiger partial charge in [-0.3, -0.25) is 19.8 Å². The van der Waals surface area contributed by atoms with E-state index in [1.807, 2.05) is 41.7 Å². The van der Waals surface area contributed by atoms with Crippen molar-refractivity contribution in [3.8, 4) is 0 Å². The number of urea groups is 1. The van der Waals surface area contributed by atoms with Crippen molar-refractivity contribution in [1.29, 1.82) is 0 Å². The Bertz CT molecular complexity index is 916. The smallest absolute Gasteiger partial charge is 0.413 e. The molecule has 2 aromatic rings. The lowest BCUT2D eigenvalue weighted by molar-refractivity contribution is -0.135. The number of benzene rings is 2. The monoisotopic (exact) mass is 395 g/mol. The summed E-state index contributed by atoms with van der Waals surface area (Å²) in [4.78, 5) is 50.3. The molecule has 1 fully saturated rings. The van der Waals surface area contributed by atoms with Crippen LogP contribution < -0.4 is 10.6 Å². The van der Waals surface area contributed by atoms with Gasteiger partial charge in [0, 0.05) is 6.42 Å². The fourth-order valence-electron chi connectivity index (χ4n) is 3.28. The van der Waals surface area contributed by atoms with Crippen LogP contribution in [0.1, 0.15) is 18.1 Å². The highest BCUT2D eigenvalue weighted by atomic mass is 16.5. The van der Waals surface area contributed by atoms with Crippen LogP contribution in [0.25, 0.3) is 0 Å². The van der Waals surface area contributed by atoms with E-state index in [4.69, 9.17) is 0 Å². The molecule has 1 aliphatic heterocycles. The van der Waals surface area contributed by atoms with E-state index in [1.54, 1.807) is 31.2 Å². The first-order chi connectivity index (χ1) is 14.0. The lowest BCUT2D eigenvalue weighted by Crippen LogP contribution is -2.47. The summed E-state index contributed by atoms with van der Waals surface area (Å²) in [7, 11) is 0. The zero-order valence-electron chi connectivity index (χ0n) is 15.9. The molecule has 0 saturated carbocycles. The van der Waals surface area contributed by atoms with E-state index in [9.17, 15) is 19.2 Å². The van der Waals surface area contributed by atoms with Crippen molar-refractivity contribution < 1.29 is 23.9 Å². The number of nitrogens with one attached hydrogen (secondary N) is 2. The molecule has 5 amide bonds. The molecule has 2 aromatic carbocycles. The van der Waals surface area contributed by atoms with Crippen molar-refractivity contribution in [2.45, 2.75) is 18.9 Å². The molecule has 1 heterocycles. The maximum atomic E-state index is 13.3. The Morgan fingerprint density at radius 3 is 2.28 bits per heavy atom. The molecule has 1 aliphatic rings. The average Bonchev–Trinajstić information content (AvgIpc) is 2.94. The normalized spacial score (nSPS) is 18.3. The fraction of sp³-hybridized carbons (Fsp3) is 0.238. The lowest BCUT2D eigenvalue weighted by Gasteiger charge is -2.27. The second-order valence-corrected chi connectivity index (χ2v) is 6.52. The summed E-state index contributed by atoms with van der Waals surface area (Å²) in [5.74, 6) is -1.37. The first-order valence-corrected chi connectivity index (χ1v) is 9.16. The molecule has 1 saturated heterocycles. The maximum absolute atomic E-state index is 13.3. The Kier molecular flexibility index (Phi) is 5.92. The van der Waals surface area contributed by atoms with E-state index in [0.29, 0.717) is 5.56 Å². The van der Waals surface area contributed by atoms with Gasteiger partial charge in [-0.2, -0.15) is 0 Å². The second-order valence-electron chi connectivity index (χ2n) is 6.52. The van der Waals surface area contributed by atoms with Crippen LogP contribution in [0.15, 0.2) is 60.7 Å². The predicted octanol–water partition coefficient (Wildman–Crippen LogP) is 1.95. The Balaban J connectivity index is 1.88. The van der Waals surface area contributed by atoms with Gasteiger partial charge in [-0.15, -0.1) is 0 Å². The maximum Gasteiger partial charge on any atom is 0.413 e.